The fourth-order valence-corrected chi connectivity index (χ4v) is 1.38. The molecule has 1 fully saturated rings. The number of esters is 2. The van der Waals surface area contributed by atoms with Crippen molar-refractivity contribution in [3.63, 3.8) is 0 Å². The monoisotopic (exact) mass is 370 g/mol. The van der Waals surface area contributed by atoms with Gasteiger partial charge in [0.1, 0.15) is 6.61 Å². The van der Waals surface area contributed by atoms with Crippen molar-refractivity contribution in [1.82, 2.24) is 0 Å². The zero-order chi connectivity index (χ0) is 20.5. The van der Waals surface area contributed by atoms with Gasteiger partial charge in [0.15, 0.2) is 0 Å². The summed E-state index contributed by atoms with van der Waals surface area (Å²) < 4.78 is 14.9. The highest BCUT2D eigenvalue weighted by molar-refractivity contribution is 5.86. The number of carboxylic acids is 1. The summed E-state index contributed by atoms with van der Waals surface area (Å²) >= 11 is 0. The van der Waals surface area contributed by atoms with Crippen LogP contribution < -0.4 is 0 Å². The average Bonchev–Trinajstić information content (AvgIpc) is 3.11. The molecule has 1 aliphatic rings. The highest BCUT2D eigenvalue weighted by Crippen LogP contribution is 2.11. The van der Waals surface area contributed by atoms with Gasteiger partial charge in [0.25, 0.3) is 0 Å². The van der Waals surface area contributed by atoms with Crippen molar-refractivity contribution in [2.75, 3.05) is 19.8 Å². The lowest BCUT2D eigenvalue weighted by Gasteiger charge is -2.07. The third-order valence-electron chi connectivity index (χ3n) is 2.67. The molecule has 0 aromatic rings. The molecule has 0 radical (unpaired) electrons. The molecule has 0 saturated carbocycles. The van der Waals surface area contributed by atoms with E-state index in [1.807, 2.05) is 13.8 Å². The Morgan fingerprint density at radius 1 is 1.23 bits per heavy atom. The van der Waals surface area contributed by atoms with Gasteiger partial charge in [-0.25, -0.2) is 14.4 Å². The van der Waals surface area contributed by atoms with Crippen LogP contribution in [0.4, 0.5) is 0 Å². The van der Waals surface area contributed by atoms with Crippen molar-refractivity contribution < 1.29 is 33.7 Å². The maximum absolute atomic E-state index is 10.7. The van der Waals surface area contributed by atoms with Crippen LogP contribution in [0.1, 0.15) is 33.6 Å². The van der Waals surface area contributed by atoms with Gasteiger partial charge in [0.05, 0.1) is 12.7 Å². The standard InChI is InChI=1S/C8H12O3.C8H14O2.C3H4O2/c1-2-8(9)11-6-7-4-3-5-10-7;1-6(2)5-10-8(9)7(3)4;1-2-3(4)5/h2,7H,1,3-6H2;6H,3,5H2,1-2,4H3;2H,1H2,(H,4,5). The minimum absolute atomic E-state index is 0.110. The number of hydrogen-bond donors (Lipinski definition) is 1. The van der Waals surface area contributed by atoms with Crippen LogP contribution in [-0.4, -0.2) is 48.9 Å². The molecule has 26 heavy (non-hydrogen) atoms. The van der Waals surface area contributed by atoms with Crippen LogP contribution in [0.25, 0.3) is 0 Å². The zero-order valence-electron chi connectivity index (χ0n) is 15.9. The van der Waals surface area contributed by atoms with E-state index >= 15 is 0 Å². The van der Waals surface area contributed by atoms with Crippen molar-refractivity contribution in [3.8, 4) is 0 Å². The van der Waals surface area contributed by atoms with E-state index in [1.54, 1.807) is 6.92 Å². The van der Waals surface area contributed by atoms with Crippen LogP contribution >= 0.6 is 0 Å². The Morgan fingerprint density at radius 2 is 1.81 bits per heavy atom. The van der Waals surface area contributed by atoms with Gasteiger partial charge in [-0.1, -0.05) is 33.6 Å². The van der Waals surface area contributed by atoms with Crippen LogP contribution in [-0.2, 0) is 28.6 Å². The second-order valence-electron chi connectivity index (χ2n) is 5.78. The summed E-state index contributed by atoms with van der Waals surface area (Å²) in [6.07, 6.45) is 4.16. The van der Waals surface area contributed by atoms with E-state index in [9.17, 15) is 14.4 Å². The van der Waals surface area contributed by atoms with E-state index in [2.05, 4.69) is 19.7 Å². The molecule has 1 heterocycles. The van der Waals surface area contributed by atoms with E-state index < -0.39 is 5.97 Å². The first-order valence-electron chi connectivity index (χ1n) is 8.22. The van der Waals surface area contributed by atoms with E-state index in [-0.39, 0.29) is 18.0 Å². The Labute approximate surface area is 155 Å². The lowest BCUT2D eigenvalue weighted by molar-refractivity contribution is -0.141. The SMILES string of the molecule is C=C(C)C(=O)OCC(C)C.C=CC(=O)O.C=CC(=O)OCC1CCCO1. The van der Waals surface area contributed by atoms with Crippen LogP contribution in [0, 0.1) is 5.92 Å². The Morgan fingerprint density at radius 3 is 2.15 bits per heavy atom. The van der Waals surface area contributed by atoms with Crippen molar-refractivity contribution in [1.29, 1.82) is 0 Å². The fourth-order valence-electron chi connectivity index (χ4n) is 1.38. The Bertz CT molecular complexity index is 474. The van der Waals surface area contributed by atoms with Gasteiger partial charge >= 0.3 is 17.9 Å². The number of aliphatic carboxylic acids is 1. The van der Waals surface area contributed by atoms with Gasteiger partial charge in [-0.05, 0) is 25.7 Å². The Balaban J connectivity index is 0. The van der Waals surface area contributed by atoms with Gasteiger partial charge in [-0.15, -0.1) is 0 Å². The molecule has 1 N–H and O–H groups in total. The highest BCUT2D eigenvalue weighted by atomic mass is 16.6. The zero-order valence-corrected chi connectivity index (χ0v) is 15.9. The summed E-state index contributed by atoms with van der Waals surface area (Å²) in [5.41, 5.74) is 0.459. The fraction of sp³-hybridized carbons (Fsp3) is 0.526. The van der Waals surface area contributed by atoms with Crippen LogP contribution in [0.3, 0.4) is 0 Å². The third-order valence-corrected chi connectivity index (χ3v) is 2.67. The largest absolute Gasteiger partial charge is 0.478 e. The van der Waals surface area contributed by atoms with Gasteiger partial charge in [-0.3, -0.25) is 0 Å². The van der Waals surface area contributed by atoms with E-state index in [0.29, 0.717) is 24.7 Å². The van der Waals surface area contributed by atoms with Crippen LogP contribution in [0.5, 0.6) is 0 Å². The van der Waals surface area contributed by atoms with Crippen LogP contribution in [0.2, 0.25) is 0 Å². The number of carbonyl (C=O) groups excluding carboxylic acids is 2. The maximum Gasteiger partial charge on any atom is 0.333 e. The summed E-state index contributed by atoms with van der Waals surface area (Å²) in [4.78, 5) is 30.5. The first-order valence-corrected chi connectivity index (χ1v) is 8.22. The number of hydrogen-bond acceptors (Lipinski definition) is 6. The quantitative estimate of drug-likeness (QED) is 0.543. The molecule has 0 aromatic heterocycles. The summed E-state index contributed by atoms with van der Waals surface area (Å²) in [5, 5.41) is 7.60. The molecular formula is C19H30O7. The first kappa shape index (κ1) is 25.8. The molecule has 0 amide bonds. The second-order valence-corrected chi connectivity index (χ2v) is 5.78. The van der Waals surface area contributed by atoms with Crippen molar-refractivity contribution >= 4 is 17.9 Å². The van der Waals surface area contributed by atoms with Gasteiger partial charge < -0.3 is 19.3 Å². The Hall–Kier alpha value is -2.41. The first-order chi connectivity index (χ1) is 12.1. The molecule has 7 heteroatoms. The maximum atomic E-state index is 10.7. The van der Waals surface area contributed by atoms with Gasteiger partial charge in [-0.2, -0.15) is 0 Å². The number of carbonyl (C=O) groups is 3. The van der Waals surface area contributed by atoms with E-state index in [1.165, 1.54) is 0 Å². The molecule has 1 unspecified atom stereocenters. The number of rotatable bonds is 7. The lowest BCUT2D eigenvalue weighted by Crippen LogP contribution is -2.16. The van der Waals surface area contributed by atoms with Crippen molar-refractivity contribution in [2.45, 2.75) is 39.7 Å². The smallest absolute Gasteiger partial charge is 0.333 e. The second kappa shape index (κ2) is 16.1. The summed E-state index contributed by atoms with van der Waals surface area (Å²) in [6, 6.07) is 0. The number of carboxylic acid groups (broad SMARTS) is 1. The summed E-state index contributed by atoms with van der Waals surface area (Å²) in [6.45, 7) is 17.0. The van der Waals surface area contributed by atoms with Crippen LogP contribution in [0.15, 0.2) is 37.5 Å². The molecule has 148 valence electrons. The average molecular weight is 370 g/mol. The van der Waals surface area contributed by atoms with Crippen molar-refractivity contribution in [3.05, 3.63) is 37.5 Å². The molecular weight excluding hydrogens is 340 g/mol. The number of ether oxygens (including phenoxy) is 3. The molecule has 1 rings (SSSR count). The normalized spacial score (nSPS) is 14.7. The molecule has 7 nitrogen and oxygen atoms in total. The minimum atomic E-state index is -0.981. The molecule has 1 saturated heterocycles. The molecule has 0 bridgehead atoms. The van der Waals surface area contributed by atoms with E-state index in [4.69, 9.17) is 19.3 Å². The lowest BCUT2D eigenvalue weighted by atomic mass is 10.2. The molecule has 0 aliphatic carbocycles. The minimum Gasteiger partial charge on any atom is -0.478 e. The predicted molar refractivity (Wildman–Crippen MR) is 98.6 cm³/mol. The summed E-state index contributed by atoms with van der Waals surface area (Å²) in [7, 11) is 0. The topological polar surface area (TPSA) is 99.1 Å². The van der Waals surface area contributed by atoms with Gasteiger partial charge in [0, 0.05) is 24.3 Å². The molecule has 0 spiro atoms. The molecule has 1 aliphatic heterocycles. The summed E-state index contributed by atoms with van der Waals surface area (Å²) in [5.74, 6) is -1.26. The van der Waals surface area contributed by atoms with E-state index in [0.717, 1.165) is 31.6 Å². The Kier molecular flexibility index (Phi) is 16.0. The highest BCUT2D eigenvalue weighted by Gasteiger charge is 2.16. The predicted octanol–water partition coefficient (Wildman–Crippen LogP) is 2.91. The molecule has 1 atom stereocenters. The molecule has 0 aromatic carbocycles. The van der Waals surface area contributed by atoms with Gasteiger partial charge in [0.2, 0.25) is 0 Å². The van der Waals surface area contributed by atoms with Crippen molar-refractivity contribution in [2.24, 2.45) is 5.92 Å². The third kappa shape index (κ3) is 17.9.